The average molecular weight is 472 g/mol. The lowest BCUT2D eigenvalue weighted by Crippen LogP contribution is -2.21. The molecule has 12 heteroatoms. The smallest absolute Gasteiger partial charge is 0.255 e. The zero-order valence-corrected chi connectivity index (χ0v) is 19.8. The lowest BCUT2D eigenvalue weighted by molar-refractivity contribution is 0.460. The Morgan fingerprint density at radius 1 is 1.20 bits per heavy atom. The van der Waals surface area contributed by atoms with Gasteiger partial charge in [-0.25, -0.2) is 12.7 Å². The van der Waals surface area contributed by atoms with Crippen LogP contribution in [0.15, 0.2) is 26.1 Å². The van der Waals surface area contributed by atoms with E-state index in [1.54, 1.807) is 0 Å². The summed E-state index contributed by atoms with van der Waals surface area (Å²) in [6.07, 6.45) is 8.00. The highest BCUT2D eigenvalue weighted by Gasteiger charge is 2.26. The third-order valence-electron chi connectivity index (χ3n) is 3.41. The van der Waals surface area contributed by atoms with Crippen molar-refractivity contribution in [3.05, 3.63) is 29.0 Å². The highest BCUT2D eigenvalue weighted by molar-refractivity contribution is 7.91. The number of thiophene rings is 1. The fraction of sp³-hybridized carbons (Fsp3) is 0.333. The molecule has 0 aliphatic heterocycles. The second-order valence-corrected chi connectivity index (χ2v) is 9.28. The molecule has 3 rings (SSSR count). The first-order chi connectivity index (χ1) is 14.3. The monoisotopic (exact) mass is 471 g/mol. The van der Waals surface area contributed by atoms with E-state index in [4.69, 9.17) is 4.42 Å². The summed E-state index contributed by atoms with van der Waals surface area (Å²) in [5.41, 5.74) is 0.250. The number of nitrogens with zero attached hydrogens (tertiary/aromatic N) is 3. The fourth-order valence-corrected chi connectivity index (χ4v) is 4.90. The van der Waals surface area contributed by atoms with Crippen LogP contribution >= 0.6 is 23.1 Å². The molecule has 0 spiro atoms. The van der Waals surface area contributed by atoms with Gasteiger partial charge < -0.3 is 20.2 Å². The number of nitrogens with one attached hydrogen (secondary N) is 2. The van der Waals surface area contributed by atoms with Crippen molar-refractivity contribution in [1.82, 2.24) is 13.1 Å². The quantitative estimate of drug-likeness (QED) is 0.441. The lowest BCUT2D eigenvalue weighted by atomic mass is 10.4. The van der Waals surface area contributed by atoms with Gasteiger partial charge in [0.1, 0.15) is 11.5 Å². The van der Waals surface area contributed by atoms with Gasteiger partial charge in [0.15, 0.2) is 21.6 Å². The molecule has 0 bridgehead atoms. The first-order valence-electron chi connectivity index (χ1n) is 8.74. The molecule has 0 aliphatic rings. The Hall–Kier alpha value is -2.59. The number of hydrogen-bond donors (Lipinski definition) is 3. The molecule has 0 aromatic carbocycles. The molecule has 3 heterocycles. The standard InChI is InChI=1S/C14H17N5O4S3.C2H6.C2H2/c1-8-4-5-9(23-8)6-15-12-13(18-25-17-12)16-10-7-24-14(11(10)20)26(21,22)19(2)3;2*1-2/h4-5,7,20H,6H2,1-3H3,(H,15,17)(H,16,18);1-2H3;1-2H. The van der Waals surface area contributed by atoms with Crippen molar-refractivity contribution < 1.29 is 17.9 Å². The molecule has 0 amide bonds. The van der Waals surface area contributed by atoms with Crippen LogP contribution in [-0.2, 0) is 16.6 Å². The average Bonchev–Trinajstić information content (AvgIpc) is 3.45. The summed E-state index contributed by atoms with van der Waals surface area (Å²) >= 11 is 1.92. The number of rotatable bonds is 7. The van der Waals surface area contributed by atoms with Crippen LogP contribution in [0.3, 0.4) is 0 Å². The largest absolute Gasteiger partial charge is 0.504 e. The van der Waals surface area contributed by atoms with Crippen LogP contribution in [0.4, 0.5) is 17.3 Å². The molecule has 0 unspecified atom stereocenters. The Balaban J connectivity index is 0.00000106. The summed E-state index contributed by atoms with van der Waals surface area (Å²) in [7, 11) is -0.905. The summed E-state index contributed by atoms with van der Waals surface area (Å²) in [4.78, 5) is 0. The maximum absolute atomic E-state index is 12.2. The second-order valence-electron chi connectivity index (χ2n) is 5.53. The Labute approximate surface area is 185 Å². The van der Waals surface area contributed by atoms with Crippen molar-refractivity contribution >= 4 is 50.4 Å². The molecule has 0 saturated carbocycles. The highest BCUT2D eigenvalue weighted by Crippen LogP contribution is 2.40. The zero-order chi connectivity index (χ0) is 22.9. The molecule has 30 heavy (non-hydrogen) atoms. The van der Waals surface area contributed by atoms with Gasteiger partial charge >= 0.3 is 0 Å². The van der Waals surface area contributed by atoms with Crippen LogP contribution in [0.25, 0.3) is 0 Å². The molecule has 3 N–H and O–H groups in total. The van der Waals surface area contributed by atoms with Crippen molar-refractivity contribution in [2.75, 3.05) is 24.7 Å². The van der Waals surface area contributed by atoms with E-state index in [0.29, 0.717) is 18.2 Å². The second kappa shape index (κ2) is 11.6. The molecule has 3 aromatic heterocycles. The van der Waals surface area contributed by atoms with E-state index in [1.165, 1.54) is 19.5 Å². The van der Waals surface area contributed by atoms with Gasteiger partial charge in [0.05, 0.1) is 24.0 Å². The molecule has 9 nitrogen and oxygen atoms in total. The SMILES string of the molecule is C#C.CC.Cc1ccc(CNc2nsnc2Nc2csc(S(=O)(=O)N(C)C)c2O)o1. The van der Waals surface area contributed by atoms with E-state index >= 15 is 0 Å². The minimum atomic E-state index is -3.72. The molecule has 164 valence electrons. The van der Waals surface area contributed by atoms with Gasteiger partial charge in [-0.15, -0.1) is 24.2 Å². The summed E-state index contributed by atoms with van der Waals surface area (Å²) in [5.74, 6) is 2.09. The maximum Gasteiger partial charge on any atom is 0.255 e. The van der Waals surface area contributed by atoms with Crippen LogP contribution < -0.4 is 10.6 Å². The normalized spacial score (nSPS) is 10.5. The number of aromatic hydroxyl groups is 1. The van der Waals surface area contributed by atoms with Crippen LogP contribution in [0, 0.1) is 19.8 Å². The number of aryl methyl sites for hydroxylation is 1. The van der Waals surface area contributed by atoms with Crippen molar-refractivity contribution in [2.24, 2.45) is 0 Å². The van der Waals surface area contributed by atoms with Crippen molar-refractivity contribution in [3.8, 4) is 18.6 Å². The van der Waals surface area contributed by atoms with Gasteiger partial charge in [0, 0.05) is 19.5 Å². The van der Waals surface area contributed by atoms with E-state index < -0.39 is 10.0 Å². The first-order valence-corrected chi connectivity index (χ1v) is 11.8. The van der Waals surface area contributed by atoms with Gasteiger partial charge in [-0.3, -0.25) is 0 Å². The van der Waals surface area contributed by atoms with Gasteiger partial charge in [-0.2, -0.15) is 8.75 Å². The first kappa shape index (κ1) is 25.4. The minimum Gasteiger partial charge on any atom is -0.504 e. The topological polar surface area (TPSA) is 121 Å². The third kappa shape index (κ3) is 5.96. The molecule has 0 atom stereocenters. The Morgan fingerprint density at radius 2 is 1.83 bits per heavy atom. The van der Waals surface area contributed by atoms with Crippen molar-refractivity contribution in [2.45, 2.75) is 31.5 Å². The fourth-order valence-electron chi connectivity index (χ4n) is 2.04. The molecule has 0 fully saturated rings. The molecule has 0 radical (unpaired) electrons. The number of sulfonamides is 1. The number of terminal acetylenes is 1. The van der Waals surface area contributed by atoms with Gasteiger partial charge in [0.2, 0.25) is 0 Å². The van der Waals surface area contributed by atoms with E-state index in [2.05, 4.69) is 32.2 Å². The minimum absolute atomic E-state index is 0.131. The Bertz CT molecular complexity index is 1050. The summed E-state index contributed by atoms with van der Waals surface area (Å²) < 4.78 is 39.1. The number of hydrogen-bond acceptors (Lipinski definition) is 10. The van der Waals surface area contributed by atoms with Gasteiger partial charge in [-0.05, 0) is 19.1 Å². The van der Waals surface area contributed by atoms with Gasteiger partial charge in [0.25, 0.3) is 10.0 Å². The van der Waals surface area contributed by atoms with E-state index in [9.17, 15) is 13.5 Å². The maximum atomic E-state index is 12.2. The van der Waals surface area contributed by atoms with Crippen LogP contribution in [0.2, 0.25) is 0 Å². The predicted molar refractivity (Wildman–Crippen MR) is 122 cm³/mol. The van der Waals surface area contributed by atoms with Crippen LogP contribution in [0.5, 0.6) is 5.75 Å². The number of aromatic nitrogens is 2. The Kier molecular flexibility index (Phi) is 9.80. The molecular formula is C18H25N5O4S3. The van der Waals surface area contributed by atoms with E-state index in [0.717, 1.165) is 38.9 Å². The van der Waals surface area contributed by atoms with Crippen molar-refractivity contribution in [3.63, 3.8) is 0 Å². The molecule has 0 saturated heterocycles. The van der Waals surface area contributed by atoms with Crippen LogP contribution in [0.1, 0.15) is 25.4 Å². The lowest BCUT2D eigenvalue weighted by Gasteiger charge is -2.10. The predicted octanol–water partition coefficient (Wildman–Crippen LogP) is 4.09. The molecular weight excluding hydrogens is 446 g/mol. The summed E-state index contributed by atoms with van der Waals surface area (Å²) in [5, 5.41) is 17.8. The Morgan fingerprint density at radius 3 is 2.40 bits per heavy atom. The van der Waals surface area contributed by atoms with Gasteiger partial charge in [-0.1, -0.05) is 13.8 Å². The molecule has 0 aliphatic carbocycles. The number of anilines is 3. The number of furan rings is 1. The summed E-state index contributed by atoms with van der Waals surface area (Å²) in [6, 6.07) is 3.73. The van der Waals surface area contributed by atoms with E-state index in [1.807, 2.05) is 32.9 Å². The zero-order valence-electron chi connectivity index (χ0n) is 17.3. The highest BCUT2D eigenvalue weighted by atomic mass is 32.2. The van der Waals surface area contributed by atoms with Crippen molar-refractivity contribution in [1.29, 1.82) is 0 Å². The van der Waals surface area contributed by atoms with Crippen LogP contribution in [-0.4, -0.2) is 40.7 Å². The summed E-state index contributed by atoms with van der Waals surface area (Å²) in [6.45, 7) is 6.28. The third-order valence-corrected chi connectivity index (χ3v) is 7.25. The molecule has 3 aromatic rings. The van der Waals surface area contributed by atoms with E-state index in [-0.39, 0.29) is 15.6 Å².